The summed E-state index contributed by atoms with van der Waals surface area (Å²) in [5.74, 6) is -2.48. The maximum Gasteiger partial charge on any atom is 0.338 e. The Morgan fingerprint density at radius 3 is 2.52 bits per heavy atom. The summed E-state index contributed by atoms with van der Waals surface area (Å²) in [4.78, 5) is 51.3. The van der Waals surface area contributed by atoms with Crippen molar-refractivity contribution in [2.75, 3.05) is 16.8 Å². The lowest BCUT2D eigenvalue weighted by Gasteiger charge is -2.22. The molecular weight excluding hydrogens is 467 g/mol. The maximum atomic E-state index is 12.9. The van der Waals surface area contributed by atoms with Crippen molar-refractivity contribution in [3.8, 4) is 0 Å². The minimum Gasteiger partial charge on any atom is -0.452 e. The van der Waals surface area contributed by atoms with Gasteiger partial charge in [-0.25, -0.2) is 4.79 Å². The highest BCUT2D eigenvalue weighted by atomic mass is 35.5. The predicted molar refractivity (Wildman–Crippen MR) is 124 cm³/mol. The molecule has 0 radical (unpaired) electrons. The molecule has 1 saturated heterocycles. The fourth-order valence-corrected chi connectivity index (χ4v) is 4.48. The van der Waals surface area contributed by atoms with Gasteiger partial charge in [-0.15, -0.1) is 0 Å². The Morgan fingerprint density at radius 2 is 1.82 bits per heavy atom. The van der Waals surface area contributed by atoms with Crippen LogP contribution in [0.5, 0.6) is 0 Å². The van der Waals surface area contributed by atoms with Crippen LogP contribution in [-0.4, -0.2) is 30.3 Å². The van der Waals surface area contributed by atoms with Gasteiger partial charge in [0.25, 0.3) is 5.91 Å². The van der Waals surface area contributed by atoms with Crippen LogP contribution in [-0.2, 0) is 19.1 Å². The Hall–Kier alpha value is -3.16. The summed E-state index contributed by atoms with van der Waals surface area (Å²) in [6, 6.07) is 10.5. The second kappa shape index (κ2) is 9.37. The molecule has 2 aromatic rings. The minimum atomic E-state index is -0.723. The molecule has 0 saturated carbocycles. The van der Waals surface area contributed by atoms with E-state index in [1.165, 1.54) is 41.3 Å². The maximum absolute atomic E-state index is 12.9. The van der Waals surface area contributed by atoms with Crippen molar-refractivity contribution >= 4 is 58.3 Å². The van der Waals surface area contributed by atoms with Gasteiger partial charge in [0, 0.05) is 5.02 Å². The summed E-state index contributed by atoms with van der Waals surface area (Å²) in [6.45, 7) is 1.40. The smallest absolute Gasteiger partial charge is 0.338 e. The number of imide groups is 1. The molecule has 0 aromatic heterocycles. The lowest BCUT2D eigenvalue weighted by molar-refractivity contribution is -0.123. The monoisotopic (exact) mass is 486 g/mol. The number of amides is 3. The second-order valence-electron chi connectivity index (χ2n) is 7.96. The van der Waals surface area contributed by atoms with Gasteiger partial charge >= 0.3 is 5.97 Å². The van der Waals surface area contributed by atoms with Crippen LogP contribution in [0, 0.1) is 17.8 Å². The number of fused-ring (bicyclic) bond motifs is 1. The second-order valence-corrected chi connectivity index (χ2v) is 8.81. The standard InChI is InChI=1S/C24H20Cl2N2O5/c1-13-3-2-4-17-21(13)23(31)28(22(17)30)16-8-5-14(6-9-16)24(32)33-12-20(29)27-19-11-15(25)7-10-18(19)26/h2-3,5-11,13,17,21H,4,12H2,1H3,(H,27,29)/t13-,17+,21+/m1/s1. The van der Waals surface area contributed by atoms with Crippen molar-refractivity contribution in [3.63, 3.8) is 0 Å². The van der Waals surface area contributed by atoms with Gasteiger partial charge < -0.3 is 10.1 Å². The molecule has 170 valence electrons. The molecule has 3 amide bonds. The van der Waals surface area contributed by atoms with E-state index in [9.17, 15) is 19.2 Å². The average molecular weight is 487 g/mol. The van der Waals surface area contributed by atoms with Crippen LogP contribution in [0.1, 0.15) is 23.7 Å². The lowest BCUT2D eigenvalue weighted by atomic mass is 9.78. The highest BCUT2D eigenvalue weighted by Crippen LogP contribution is 2.40. The highest BCUT2D eigenvalue weighted by Gasteiger charge is 2.50. The number of ether oxygens (including phenoxy) is 1. The molecule has 0 spiro atoms. The molecule has 1 N–H and O–H groups in total. The van der Waals surface area contributed by atoms with Gasteiger partial charge in [0.15, 0.2) is 6.61 Å². The first kappa shape index (κ1) is 23.0. The zero-order chi connectivity index (χ0) is 23.7. The fourth-order valence-electron chi connectivity index (χ4n) is 4.14. The van der Waals surface area contributed by atoms with Crippen molar-refractivity contribution in [2.45, 2.75) is 13.3 Å². The number of allylic oxidation sites excluding steroid dienone is 2. The van der Waals surface area contributed by atoms with Crippen LogP contribution >= 0.6 is 23.2 Å². The molecule has 7 nitrogen and oxygen atoms in total. The summed E-state index contributed by atoms with van der Waals surface area (Å²) >= 11 is 11.9. The number of nitrogens with one attached hydrogen (secondary N) is 1. The van der Waals surface area contributed by atoms with Crippen molar-refractivity contribution < 1.29 is 23.9 Å². The number of nitrogens with zero attached hydrogens (tertiary/aromatic N) is 1. The fraction of sp³-hybridized carbons (Fsp3) is 0.250. The van der Waals surface area contributed by atoms with Crippen molar-refractivity contribution in [1.82, 2.24) is 0 Å². The highest BCUT2D eigenvalue weighted by molar-refractivity contribution is 6.35. The van der Waals surface area contributed by atoms with Gasteiger partial charge in [0.05, 0.1) is 33.8 Å². The quantitative estimate of drug-likeness (QED) is 0.381. The molecule has 0 bridgehead atoms. The van der Waals surface area contributed by atoms with E-state index in [2.05, 4.69) is 5.32 Å². The molecule has 33 heavy (non-hydrogen) atoms. The SMILES string of the molecule is C[C@@H]1C=CC[C@@H]2C(=O)N(c3ccc(C(=O)OCC(=O)Nc4cc(Cl)ccc4Cl)cc3)C(=O)[C@@H]12. The van der Waals surface area contributed by atoms with Crippen molar-refractivity contribution in [2.24, 2.45) is 17.8 Å². The average Bonchev–Trinajstić information content (AvgIpc) is 3.05. The Bertz CT molecular complexity index is 1160. The largest absolute Gasteiger partial charge is 0.452 e. The molecule has 0 unspecified atom stereocenters. The number of benzene rings is 2. The third-order valence-corrected chi connectivity index (χ3v) is 6.34. The van der Waals surface area contributed by atoms with Gasteiger partial charge in [-0.3, -0.25) is 19.3 Å². The lowest BCUT2D eigenvalue weighted by Crippen LogP contribution is -2.31. The summed E-state index contributed by atoms with van der Waals surface area (Å²) in [5.41, 5.74) is 0.884. The van der Waals surface area contributed by atoms with Crippen LogP contribution in [0.25, 0.3) is 0 Å². The molecule has 1 aliphatic carbocycles. The number of hydrogen-bond donors (Lipinski definition) is 1. The summed E-state index contributed by atoms with van der Waals surface area (Å²) in [7, 11) is 0. The molecule has 1 fully saturated rings. The number of esters is 1. The predicted octanol–water partition coefficient (Wildman–Crippen LogP) is 4.49. The first-order valence-corrected chi connectivity index (χ1v) is 11.1. The molecule has 1 aliphatic heterocycles. The van der Waals surface area contributed by atoms with E-state index >= 15 is 0 Å². The van der Waals surface area contributed by atoms with E-state index in [-0.39, 0.29) is 35.1 Å². The van der Waals surface area contributed by atoms with Crippen LogP contribution in [0.15, 0.2) is 54.6 Å². The minimum absolute atomic E-state index is 0.00705. The third kappa shape index (κ3) is 4.65. The van der Waals surface area contributed by atoms with Gasteiger partial charge in [-0.1, -0.05) is 42.3 Å². The van der Waals surface area contributed by atoms with E-state index in [1.807, 2.05) is 19.1 Å². The van der Waals surface area contributed by atoms with E-state index in [4.69, 9.17) is 27.9 Å². The van der Waals surface area contributed by atoms with E-state index < -0.39 is 18.5 Å². The van der Waals surface area contributed by atoms with Gasteiger partial charge in [0.2, 0.25) is 11.8 Å². The van der Waals surface area contributed by atoms with Crippen molar-refractivity contribution in [1.29, 1.82) is 0 Å². The number of carbonyl (C=O) groups is 4. The molecule has 2 aromatic carbocycles. The number of halogens is 2. The molecule has 9 heteroatoms. The Morgan fingerprint density at radius 1 is 1.09 bits per heavy atom. The normalized spacial score (nSPS) is 21.7. The summed E-state index contributed by atoms with van der Waals surface area (Å²) < 4.78 is 5.05. The van der Waals surface area contributed by atoms with Crippen LogP contribution in [0.4, 0.5) is 11.4 Å². The zero-order valence-corrected chi connectivity index (χ0v) is 19.1. The topological polar surface area (TPSA) is 92.8 Å². The number of carbonyl (C=O) groups excluding carboxylic acids is 4. The number of anilines is 2. The van der Waals surface area contributed by atoms with Crippen LogP contribution in [0.2, 0.25) is 10.0 Å². The van der Waals surface area contributed by atoms with Gasteiger partial charge in [0.1, 0.15) is 0 Å². The number of rotatable bonds is 5. The number of hydrogen-bond acceptors (Lipinski definition) is 5. The molecular formula is C24H20Cl2N2O5. The third-order valence-electron chi connectivity index (χ3n) is 5.77. The Labute approximate surface area is 200 Å². The van der Waals surface area contributed by atoms with Gasteiger partial charge in [-0.05, 0) is 54.8 Å². The van der Waals surface area contributed by atoms with Crippen molar-refractivity contribution in [3.05, 3.63) is 70.2 Å². The molecule has 3 atom stereocenters. The first-order chi connectivity index (χ1) is 15.8. The van der Waals surface area contributed by atoms with Crippen LogP contribution < -0.4 is 10.2 Å². The first-order valence-electron chi connectivity index (χ1n) is 10.3. The molecule has 4 rings (SSSR count). The molecule has 2 aliphatic rings. The van der Waals surface area contributed by atoms with E-state index in [0.717, 1.165) is 0 Å². The summed E-state index contributed by atoms with van der Waals surface area (Å²) in [6.07, 6.45) is 4.45. The Kier molecular flexibility index (Phi) is 6.54. The summed E-state index contributed by atoms with van der Waals surface area (Å²) in [5, 5.41) is 3.21. The molecule has 1 heterocycles. The zero-order valence-electron chi connectivity index (χ0n) is 17.6. The Balaban J connectivity index is 1.38. The van der Waals surface area contributed by atoms with Crippen LogP contribution in [0.3, 0.4) is 0 Å². The van der Waals surface area contributed by atoms with E-state index in [1.54, 1.807) is 6.07 Å². The van der Waals surface area contributed by atoms with E-state index in [0.29, 0.717) is 27.8 Å². The van der Waals surface area contributed by atoms with Gasteiger partial charge in [-0.2, -0.15) is 0 Å².